The average molecular weight is 266 g/mol. The fourth-order valence-corrected chi connectivity index (χ4v) is 2.04. The molecule has 1 aliphatic rings. The summed E-state index contributed by atoms with van der Waals surface area (Å²) in [6, 6.07) is 3.25. The zero-order valence-corrected chi connectivity index (χ0v) is 10.9. The summed E-state index contributed by atoms with van der Waals surface area (Å²) in [4.78, 5) is 23.6. The maximum Gasteiger partial charge on any atom is 0.293 e. The van der Waals surface area contributed by atoms with E-state index in [0.29, 0.717) is 6.54 Å². The van der Waals surface area contributed by atoms with E-state index < -0.39 is 0 Å². The lowest BCUT2D eigenvalue weighted by Gasteiger charge is -2.11. The summed E-state index contributed by atoms with van der Waals surface area (Å²) < 4.78 is 11.7. The van der Waals surface area contributed by atoms with E-state index in [4.69, 9.17) is 9.47 Å². The van der Waals surface area contributed by atoms with Crippen molar-refractivity contribution in [2.75, 3.05) is 20.3 Å². The van der Waals surface area contributed by atoms with Gasteiger partial charge in [0.25, 0.3) is 5.56 Å². The Bertz CT molecular complexity index is 492. The van der Waals surface area contributed by atoms with E-state index in [0.717, 1.165) is 19.4 Å². The Balaban J connectivity index is 1.89. The largest absolute Gasteiger partial charge is 0.491 e. The molecule has 0 aromatic carbocycles. The first kappa shape index (κ1) is 13.6. The van der Waals surface area contributed by atoms with Crippen molar-refractivity contribution in [3.8, 4) is 5.75 Å². The third-order valence-electron chi connectivity index (χ3n) is 3.07. The van der Waals surface area contributed by atoms with Crippen LogP contribution in [0.15, 0.2) is 23.1 Å². The molecule has 1 aromatic heterocycles. The minimum atomic E-state index is -0.308. The van der Waals surface area contributed by atoms with Gasteiger partial charge < -0.3 is 19.4 Å². The number of hydrogen-bond acceptors (Lipinski definition) is 4. The monoisotopic (exact) mass is 266 g/mol. The van der Waals surface area contributed by atoms with E-state index >= 15 is 0 Å². The summed E-state index contributed by atoms with van der Waals surface area (Å²) in [5, 5.41) is 2.77. The normalized spacial score (nSPS) is 18.3. The molecule has 2 heterocycles. The van der Waals surface area contributed by atoms with Crippen LogP contribution < -0.4 is 15.6 Å². The highest BCUT2D eigenvalue weighted by Gasteiger charge is 2.16. The maximum absolute atomic E-state index is 11.8. The molecule has 19 heavy (non-hydrogen) atoms. The van der Waals surface area contributed by atoms with E-state index in [2.05, 4.69) is 5.32 Å². The van der Waals surface area contributed by atoms with Crippen molar-refractivity contribution >= 4 is 5.91 Å². The second kappa shape index (κ2) is 6.38. The number of amides is 1. The molecule has 1 fully saturated rings. The number of carbonyl (C=O) groups is 1. The fourth-order valence-electron chi connectivity index (χ4n) is 2.04. The Morgan fingerprint density at radius 1 is 1.63 bits per heavy atom. The first-order chi connectivity index (χ1) is 9.20. The highest BCUT2D eigenvalue weighted by atomic mass is 16.5. The summed E-state index contributed by atoms with van der Waals surface area (Å²) in [5.41, 5.74) is -0.308. The van der Waals surface area contributed by atoms with Crippen LogP contribution in [0, 0.1) is 0 Å². The summed E-state index contributed by atoms with van der Waals surface area (Å²) in [7, 11) is 1.43. The molecule has 0 aliphatic carbocycles. The number of carbonyl (C=O) groups excluding carboxylic acids is 1. The molecule has 1 unspecified atom stereocenters. The molecular formula is C13H18N2O4. The molecule has 104 valence electrons. The van der Waals surface area contributed by atoms with E-state index in [1.807, 2.05) is 0 Å². The third kappa shape index (κ3) is 3.57. The Hall–Kier alpha value is -1.82. The predicted molar refractivity (Wildman–Crippen MR) is 69.2 cm³/mol. The lowest BCUT2D eigenvalue weighted by molar-refractivity contribution is -0.122. The molecule has 1 atom stereocenters. The van der Waals surface area contributed by atoms with Gasteiger partial charge in [-0.25, -0.2) is 0 Å². The van der Waals surface area contributed by atoms with E-state index in [9.17, 15) is 9.59 Å². The Morgan fingerprint density at radius 3 is 3.16 bits per heavy atom. The van der Waals surface area contributed by atoms with Crippen molar-refractivity contribution in [2.24, 2.45) is 0 Å². The Morgan fingerprint density at radius 2 is 2.47 bits per heavy atom. The van der Waals surface area contributed by atoms with Crippen LogP contribution in [-0.4, -0.2) is 36.8 Å². The molecule has 1 aliphatic heterocycles. The van der Waals surface area contributed by atoms with Gasteiger partial charge in [-0.15, -0.1) is 0 Å². The predicted octanol–water partition coefficient (Wildman–Crippen LogP) is 0.152. The number of methoxy groups -OCH3 is 1. The van der Waals surface area contributed by atoms with Crippen LogP contribution in [0.3, 0.4) is 0 Å². The SMILES string of the molecule is COc1cccn(CC(=O)NCC2CCCO2)c1=O. The average Bonchev–Trinajstić information content (AvgIpc) is 2.92. The lowest BCUT2D eigenvalue weighted by atomic mass is 10.2. The minimum Gasteiger partial charge on any atom is -0.491 e. The second-order valence-electron chi connectivity index (χ2n) is 4.45. The highest BCUT2D eigenvalue weighted by Crippen LogP contribution is 2.10. The molecule has 1 saturated heterocycles. The molecule has 1 amide bonds. The Labute approximate surface area is 111 Å². The lowest BCUT2D eigenvalue weighted by Crippen LogP contribution is -2.36. The number of pyridine rings is 1. The standard InChI is InChI=1S/C13H18N2O4/c1-18-11-5-2-6-15(13(11)17)9-12(16)14-8-10-4-3-7-19-10/h2,5-6,10H,3-4,7-9H2,1H3,(H,14,16). The molecule has 0 spiro atoms. The highest BCUT2D eigenvalue weighted by molar-refractivity contribution is 5.75. The van der Waals surface area contributed by atoms with Gasteiger partial charge in [0.1, 0.15) is 6.54 Å². The molecule has 1 aromatic rings. The van der Waals surface area contributed by atoms with Crippen LogP contribution in [0.4, 0.5) is 0 Å². The van der Waals surface area contributed by atoms with Crippen molar-refractivity contribution in [2.45, 2.75) is 25.5 Å². The second-order valence-corrected chi connectivity index (χ2v) is 4.45. The van der Waals surface area contributed by atoms with Crippen molar-refractivity contribution in [3.63, 3.8) is 0 Å². The van der Waals surface area contributed by atoms with Gasteiger partial charge in [-0.3, -0.25) is 9.59 Å². The molecule has 6 heteroatoms. The van der Waals surface area contributed by atoms with Crippen LogP contribution >= 0.6 is 0 Å². The van der Waals surface area contributed by atoms with Gasteiger partial charge in [0.15, 0.2) is 5.75 Å². The van der Waals surface area contributed by atoms with Gasteiger partial charge >= 0.3 is 0 Å². The van der Waals surface area contributed by atoms with Crippen LogP contribution in [0.25, 0.3) is 0 Å². The van der Waals surface area contributed by atoms with E-state index in [-0.39, 0.29) is 29.9 Å². The summed E-state index contributed by atoms with van der Waals surface area (Å²) in [6.07, 6.45) is 3.68. The number of aromatic nitrogens is 1. The van der Waals surface area contributed by atoms with Crippen LogP contribution in [0.1, 0.15) is 12.8 Å². The van der Waals surface area contributed by atoms with Crippen molar-refractivity contribution in [1.29, 1.82) is 0 Å². The van der Waals surface area contributed by atoms with Crippen molar-refractivity contribution < 1.29 is 14.3 Å². The molecule has 0 saturated carbocycles. The zero-order chi connectivity index (χ0) is 13.7. The molecule has 6 nitrogen and oxygen atoms in total. The van der Waals surface area contributed by atoms with Crippen LogP contribution in [0.2, 0.25) is 0 Å². The summed E-state index contributed by atoms with van der Waals surface area (Å²) >= 11 is 0. The number of ether oxygens (including phenoxy) is 2. The third-order valence-corrected chi connectivity index (χ3v) is 3.07. The topological polar surface area (TPSA) is 69.6 Å². The fraction of sp³-hybridized carbons (Fsp3) is 0.538. The van der Waals surface area contributed by atoms with E-state index in [1.54, 1.807) is 18.3 Å². The number of rotatable bonds is 5. The van der Waals surface area contributed by atoms with Gasteiger partial charge in [0.2, 0.25) is 5.91 Å². The number of hydrogen-bond donors (Lipinski definition) is 1. The zero-order valence-electron chi connectivity index (χ0n) is 10.9. The van der Waals surface area contributed by atoms with Gasteiger partial charge in [0, 0.05) is 19.3 Å². The number of nitrogens with one attached hydrogen (secondary N) is 1. The summed E-state index contributed by atoms with van der Waals surface area (Å²) in [6.45, 7) is 1.25. The Kier molecular flexibility index (Phi) is 4.57. The van der Waals surface area contributed by atoms with Gasteiger partial charge in [0.05, 0.1) is 13.2 Å². The van der Waals surface area contributed by atoms with Crippen LogP contribution in [0.5, 0.6) is 5.75 Å². The maximum atomic E-state index is 11.8. The first-order valence-corrected chi connectivity index (χ1v) is 6.32. The summed E-state index contributed by atoms with van der Waals surface area (Å²) in [5.74, 6) is 0.0280. The van der Waals surface area contributed by atoms with Gasteiger partial charge in [-0.1, -0.05) is 0 Å². The van der Waals surface area contributed by atoms with Crippen molar-refractivity contribution in [1.82, 2.24) is 9.88 Å². The van der Waals surface area contributed by atoms with Crippen molar-refractivity contribution in [3.05, 3.63) is 28.7 Å². The molecule has 2 rings (SSSR count). The first-order valence-electron chi connectivity index (χ1n) is 6.32. The minimum absolute atomic E-state index is 0.0112. The smallest absolute Gasteiger partial charge is 0.293 e. The molecule has 1 N–H and O–H groups in total. The molecular weight excluding hydrogens is 248 g/mol. The molecule has 0 radical (unpaired) electrons. The van der Waals surface area contributed by atoms with Crippen LogP contribution in [-0.2, 0) is 16.1 Å². The molecule has 0 bridgehead atoms. The quantitative estimate of drug-likeness (QED) is 0.823. The number of nitrogens with zero attached hydrogens (tertiary/aromatic N) is 1. The van der Waals surface area contributed by atoms with E-state index in [1.165, 1.54) is 11.7 Å². The van der Waals surface area contributed by atoms with Gasteiger partial charge in [-0.2, -0.15) is 0 Å². The van der Waals surface area contributed by atoms with Gasteiger partial charge in [-0.05, 0) is 25.0 Å².